The summed E-state index contributed by atoms with van der Waals surface area (Å²) in [7, 11) is 4.83. The molecule has 8 heteroatoms. The highest BCUT2D eigenvalue weighted by molar-refractivity contribution is 8.18. The van der Waals surface area contributed by atoms with E-state index in [1.54, 1.807) is 51.7 Å². The largest absolute Gasteiger partial charge is 0.497 e. The first kappa shape index (κ1) is 18.3. The van der Waals surface area contributed by atoms with Crippen molar-refractivity contribution in [3.63, 3.8) is 0 Å². The molecule has 0 radical (unpaired) electrons. The highest BCUT2D eigenvalue weighted by atomic mass is 35.5. The third-order valence-corrected chi connectivity index (χ3v) is 5.04. The number of hydrogen-bond donors (Lipinski definition) is 0. The van der Waals surface area contributed by atoms with E-state index >= 15 is 0 Å². The first-order valence-electron chi connectivity index (χ1n) is 7.62. The Morgan fingerprint density at radius 3 is 2.77 bits per heavy atom. The van der Waals surface area contributed by atoms with Gasteiger partial charge in [-0.15, -0.1) is 0 Å². The van der Waals surface area contributed by atoms with E-state index in [9.17, 15) is 4.79 Å². The Labute approximate surface area is 160 Å². The van der Waals surface area contributed by atoms with Gasteiger partial charge < -0.3 is 9.47 Å². The van der Waals surface area contributed by atoms with Gasteiger partial charge in [-0.05, 0) is 42.1 Å². The van der Waals surface area contributed by atoms with Crippen molar-refractivity contribution in [1.82, 2.24) is 9.88 Å². The number of likely N-dealkylation sites (N-methyl/N-ethyl adjacent to an activating group) is 1. The average molecular weight is 390 g/mol. The Morgan fingerprint density at radius 1 is 1.27 bits per heavy atom. The SMILES string of the molecule is COc1ccc(/C=C2\SC(=Nc3cccnc3Cl)N(C)C2=O)c(OC)c1. The van der Waals surface area contributed by atoms with Crippen LogP contribution in [0.25, 0.3) is 6.08 Å². The number of amidine groups is 1. The average Bonchev–Trinajstić information content (AvgIpc) is 2.92. The number of ether oxygens (including phenoxy) is 2. The van der Waals surface area contributed by atoms with Crippen molar-refractivity contribution in [2.45, 2.75) is 0 Å². The normalized spacial score (nSPS) is 17.2. The van der Waals surface area contributed by atoms with Crippen LogP contribution >= 0.6 is 23.4 Å². The lowest BCUT2D eigenvalue weighted by molar-refractivity contribution is -0.121. The molecule has 0 N–H and O–H groups in total. The summed E-state index contributed by atoms with van der Waals surface area (Å²) < 4.78 is 10.6. The molecular weight excluding hydrogens is 374 g/mol. The smallest absolute Gasteiger partial charge is 0.266 e. The molecule has 26 heavy (non-hydrogen) atoms. The van der Waals surface area contributed by atoms with Crippen LogP contribution in [0, 0.1) is 0 Å². The summed E-state index contributed by atoms with van der Waals surface area (Å²) >= 11 is 7.32. The predicted molar refractivity (Wildman–Crippen MR) is 104 cm³/mol. The minimum absolute atomic E-state index is 0.147. The fourth-order valence-corrected chi connectivity index (χ4v) is 3.43. The Bertz CT molecular complexity index is 914. The van der Waals surface area contributed by atoms with Crippen LogP contribution in [0.4, 0.5) is 5.69 Å². The zero-order chi connectivity index (χ0) is 18.7. The lowest BCUT2D eigenvalue weighted by atomic mass is 10.1. The number of pyridine rings is 1. The highest BCUT2D eigenvalue weighted by Gasteiger charge is 2.30. The Kier molecular flexibility index (Phi) is 5.49. The van der Waals surface area contributed by atoms with Crippen molar-refractivity contribution >= 4 is 46.2 Å². The van der Waals surface area contributed by atoms with Gasteiger partial charge in [-0.25, -0.2) is 9.98 Å². The van der Waals surface area contributed by atoms with Crippen LogP contribution in [0.5, 0.6) is 11.5 Å². The van der Waals surface area contributed by atoms with E-state index in [0.717, 1.165) is 5.56 Å². The van der Waals surface area contributed by atoms with Gasteiger partial charge in [-0.1, -0.05) is 11.6 Å². The number of methoxy groups -OCH3 is 2. The van der Waals surface area contributed by atoms with Crippen LogP contribution < -0.4 is 9.47 Å². The van der Waals surface area contributed by atoms with Crippen molar-refractivity contribution in [1.29, 1.82) is 0 Å². The summed E-state index contributed by atoms with van der Waals surface area (Å²) in [4.78, 5) is 23.0. The van der Waals surface area contributed by atoms with Crippen LogP contribution in [0.15, 0.2) is 46.4 Å². The number of aromatic nitrogens is 1. The zero-order valence-electron chi connectivity index (χ0n) is 14.4. The van der Waals surface area contributed by atoms with Crippen LogP contribution in [-0.4, -0.2) is 42.2 Å². The van der Waals surface area contributed by atoms with Gasteiger partial charge in [-0.2, -0.15) is 0 Å². The monoisotopic (exact) mass is 389 g/mol. The number of benzene rings is 1. The molecule has 1 saturated heterocycles. The van der Waals surface area contributed by atoms with Gasteiger partial charge in [0.05, 0.1) is 19.1 Å². The number of thioether (sulfide) groups is 1. The molecule has 1 aromatic carbocycles. The molecule has 1 aromatic heterocycles. The maximum Gasteiger partial charge on any atom is 0.266 e. The van der Waals surface area contributed by atoms with E-state index in [4.69, 9.17) is 21.1 Å². The molecule has 1 fully saturated rings. The van der Waals surface area contributed by atoms with Crippen LogP contribution in [0.2, 0.25) is 5.15 Å². The van der Waals surface area contributed by atoms with Crippen molar-refractivity contribution in [2.75, 3.05) is 21.3 Å². The number of nitrogens with zero attached hydrogens (tertiary/aromatic N) is 3. The third kappa shape index (κ3) is 3.68. The molecule has 1 amide bonds. The van der Waals surface area contributed by atoms with E-state index in [1.165, 1.54) is 16.7 Å². The van der Waals surface area contributed by atoms with Gasteiger partial charge in [-0.3, -0.25) is 9.69 Å². The minimum atomic E-state index is -0.147. The number of amides is 1. The van der Waals surface area contributed by atoms with E-state index < -0.39 is 0 Å². The Morgan fingerprint density at radius 2 is 2.08 bits per heavy atom. The molecule has 1 aliphatic heterocycles. The predicted octanol–water partition coefficient (Wildman–Crippen LogP) is 3.99. The standard InChI is InChI=1S/C18H16ClN3O3S/c1-22-17(23)15(9-11-6-7-12(24-2)10-14(11)25-3)26-18(22)21-13-5-4-8-20-16(13)19/h4-10H,1-3H3/b15-9-,21-18?. The second kappa shape index (κ2) is 7.80. The number of rotatable bonds is 4. The maximum absolute atomic E-state index is 12.6. The number of aliphatic imine (C=N–C) groups is 1. The van der Waals surface area contributed by atoms with Gasteiger partial charge in [0, 0.05) is 24.9 Å². The summed E-state index contributed by atoms with van der Waals surface area (Å²) in [6.45, 7) is 0. The Hall–Kier alpha value is -2.51. The molecule has 0 atom stereocenters. The minimum Gasteiger partial charge on any atom is -0.497 e. The van der Waals surface area contributed by atoms with Crippen LogP contribution in [0.1, 0.15) is 5.56 Å². The second-order valence-corrected chi connectivity index (χ2v) is 6.66. The summed E-state index contributed by atoms with van der Waals surface area (Å²) in [6.07, 6.45) is 3.36. The van der Waals surface area contributed by atoms with Crippen molar-refractivity contribution in [3.8, 4) is 11.5 Å². The van der Waals surface area contributed by atoms with Gasteiger partial charge in [0.2, 0.25) is 0 Å². The first-order chi connectivity index (χ1) is 12.5. The van der Waals surface area contributed by atoms with Crippen molar-refractivity contribution in [3.05, 3.63) is 52.2 Å². The van der Waals surface area contributed by atoms with Crippen molar-refractivity contribution < 1.29 is 14.3 Å². The molecule has 6 nitrogen and oxygen atoms in total. The Balaban J connectivity index is 1.94. The van der Waals surface area contributed by atoms with E-state index in [-0.39, 0.29) is 11.1 Å². The van der Waals surface area contributed by atoms with Crippen LogP contribution in [-0.2, 0) is 4.79 Å². The van der Waals surface area contributed by atoms with Gasteiger partial charge in [0.25, 0.3) is 5.91 Å². The molecule has 0 aliphatic carbocycles. The number of carbonyl (C=O) groups excluding carboxylic acids is 1. The molecular formula is C18H16ClN3O3S. The molecule has 0 bridgehead atoms. The number of hydrogen-bond acceptors (Lipinski definition) is 6. The molecule has 0 spiro atoms. The molecule has 0 saturated carbocycles. The summed E-state index contributed by atoms with van der Waals surface area (Å²) in [5.74, 6) is 1.15. The highest BCUT2D eigenvalue weighted by Crippen LogP contribution is 2.36. The molecule has 2 aromatic rings. The van der Waals surface area contributed by atoms with Gasteiger partial charge >= 0.3 is 0 Å². The quantitative estimate of drug-likeness (QED) is 0.584. The number of halogens is 1. The van der Waals surface area contributed by atoms with Gasteiger partial charge in [0.15, 0.2) is 10.3 Å². The lowest BCUT2D eigenvalue weighted by Crippen LogP contribution is -2.23. The fraction of sp³-hybridized carbons (Fsp3) is 0.167. The third-order valence-electron chi connectivity index (χ3n) is 3.69. The van der Waals surface area contributed by atoms with Crippen LogP contribution in [0.3, 0.4) is 0 Å². The van der Waals surface area contributed by atoms with E-state index in [1.807, 2.05) is 12.1 Å². The molecule has 1 aliphatic rings. The maximum atomic E-state index is 12.6. The van der Waals surface area contributed by atoms with E-state index in [2.05, 4.69) is 9.98 Å². The molecule has 2 heterocycles. The zero-order valence-corrected chi connectivity index (χ0v) is 16.0. The summed E-state index contributed by atoms with van der Waals surface area (Å²) in [6, 6.07) is 8.91. The fourth-order valence-electron chi connectivity index (χ4n) is 2.29. The molecule has 134 valence electrons. The first-order valence-corrected chi connectivity index (χ1v) is 8.81. The number of carbonyl (C=O) groups is 1. The van der Waals surface area contributed by atoms with E-state index in [0.29, 0.717) is 27.3 Å². The molecule has 0 unspecified atom stereocenters. The van der Waals surface area contributed by atoms with Gasteiger partial charge in [0.1, 0.15) is 17.2 Å². The lowest BCUT2D eigenvalue weighted by Gasteiger charge is -2.08. The summed E-state index contributed by atoms with van der Waals surface area (Å²) in [5.41, 5.74) is 1.29. The summed E-state index contributed by atoms with van der Waals surface area (Å²) in [5, 5.41) is 0.819. The topological polar surface area (TPSA) is 64.0 Å². The molecule has 3 rings (SSSR count). The van der Waals surface area contributed by atoms with Crippen molar-refractivity contribution in [2.24, 2.45) is 4.99 Å². The second-order valence-electron chi connectivity index (χ2n) is 5.29.